The van der Waals surface area contributed by atoms with Crippen LogP contribution in [0.4, 0.5) is 16.3 Å². The Hall–Kier alpha value is -3.80. The highest BCUT2D eigenvalue weighted by atomic mass is 16.6. The zero-order chi connectivity index (χ0) is 24.0. The van der Waals surface area contributed by atoms with E-state index < -0.39 is 11.7 Å². The van der Waals surface area contributed by atoms with Crippen molar-refractivity contribution in [1.29, 1.82) is 5.26 Å². The van der Waals surface area contributed by atoms with Gasteiger partial charge in [-0.3, -0.25) is 4.79 Å². The number of aromatic nitrogens is 1. The van der Waals surface area contributed by atoms with E-state index in [1.54, 1.807) is 48.4 Å². The second kappa shape index (κ2) is 10.2. The number of nitriles is 1. The Kier molecular flexibility index (Phi) is 7.38. The predicted octanol–water partition coefficient (Wildman–Crippen LogP) is 3.42. The van der Waals surface area contributed by atoms with Crippen LogP contribution in [0.1, 0.15) is 33.3 Å². The van der Waals surface area contributed by atoms with Gasteiger partial charge in [0.25, 0.3) is 5.91 Å². The first kappa shape index (κ1) is 23.9. The average molecular weight is 452 g/mol. The summed E-state index contributed by atoms with van der Waals surface area (Å²) in [5.74, 6) is 0.520. The molecule has 2 aromatic rings. The molecule has 0 saturated carbocycles. The van der Waals surface area contributed by atoms with Crippen molar-refractivity contribution in [1.82, 2.24) is 9.88 Å². The van der Waals surface area contributed by atoms with E-state index in [1.165, 1.54) is 0 Å². The lowest BCUT2D eigenvalue weighted by Gasteiger charge is -2.36. The Balaban J connectivity index is 1.50. The Bertz CT molecular complexity index is 1020. The first-order valence-corrected chi connectivity index (χ1v) is 10.8. The molecule has 9 heteroatoms. The van der Waals surface area contributed by atoms with Crippen LogP contribution in [0.2, 0.25) is 0 Å². The summed E-state index contributed by atoms with van der Waals surface area (Å²) in [4.78, 5) is 32.8. The fraction of sp³-hybridized carbons (Fsp3) is 0.417. The molecular formula is C24H29N5O4. The Morgan fingerprint density at radius 2 is 1.88 bits per heavy atom. The molecular weight excluding hydrogens is 422 g/mol. The van der Waals surface area contributed by atoms with E-state index in [0.717, 1.165) is 5.69 Å². The molecule has 3 rings (SSSR count). The second-order valence-corrected chi connectivity index (χ2v) is 8.75. The van der Waals surface area contributed by atoms with Gasteiger partial charge in [-0.15, -0.1) is 0 Å². The molecule has 1 atom stereocenters. The van der Waals surface area contributed by atoms with Crippen LogP contribution in [0, 0.1) is 11.3 Å². The topological polar surface area (TPSA) is 108 Å². The zero-order valence-electron chi connectivity index (χ0n) is 19.4. The number of ether oxygens (including phenoxy) is 2. The van der Waals surface area contributed by atoms with Crippen LogP contribution in [0.5, 0.6) is 5.75 Å². The molecule has 0 radical (unpaired) electrons. The van der Waals surface area contributed by atoms with Crippen LogP contribution in [-0.4, -0.2) is 59.8 Å². The van der Waals surface area contributed by atoms with E-state index in [9.17, 15) is 9.59 Å². The minimum atomic E-state index is -0.763. The van der Waals surface area contributed by atoms with Crippen LogP contribution < -0.4 is 15.0 Å². The number of pyridine rings is 1. The van der Waals surface area contributed by atoms with Gasteiger partial charge in [0.1, 0.15) is 17.2 Å². The van der Waals surface area contributed by atoms with Crippen molar-refractivity contribution in [2.45, 2.75) is 39.4 Å². The van der Waals surface area contributed by atoms with Crippen LogP contribution in [0.3, 0.4) is 0 Å². The molecule has 174 valence electrons. The number of benzene rings is 1. The highest BCUT2D eigenvalue weighted by Gasteiger charge is 2.26. The summed E-state index contributed by atoms with van der Waals surface area (Å²) in [5.41, 5.74) is 0.862. The number of amides is 2. The predicted molar refractivity (Wildman–Crippen MR) is 124 cm³/mol. The summed E-state index contributed by atoms with van der Waals surface area (Å²) in [7, 11) is 0. The van der Waals surface area contributed by atoms with Crippen molar-refractivity contribution in [3.63, 3.8) is 0 Å². The lowest BCUT2D eigenvalue weighted by atomic mass is 10.2. The number of anilines is 2. The number of rotatable bonds is 5. The van der Waals surface area contributed by atoms with Crippen molar-refractivity contribution in [3.8, 4) is 11.8 Å². The van der Waals surface area contributed by atoms with Crippen molar-refractivity contribution in [3.05, 3.63) is 48.2 Å². The lowest BCUT2D eigenvalue weighted by Crippen LogP contribution is -2.50. The first-order chi connectivity index (χ1) is 15.6. The van der Waals surface area contributed by atoms with Crippen molar-refractivity contribution in [2.24, 2.45) is 0 Å². The highest BCUT2D eigenvalue weighted by molar-refractivity contribution is 5.93. The Labute approximate surface area is 193 Å². The summed E-state index contributed by atoms with van der Waals surface area (Å²) >= 11 is 0. The van der Waals surface area contributed by atoms with Gasteiger partial charge in [0.05, 0.1) is 23.5 Å². The van der Waals surface area contributed by atoms with Gasteiger partial charge in [-0.2, -0.15) is 5.26 Å². The van der Waals surface area contributed by atoms with E-state index in [4.69, 9.17) is 14.7 Å². The number of hydrogen-bond acceptors (Lipinski definition) is 7. The SMILES string of the molecule is CC(Oc1cccc(C#N)c1)C(=O)Nc1ccc(N2CCN(C(=O)OC(C)(C)C)CC2)cn1. The molecule has 1 saturated heterocycles. The monoisotopic (exact) mass is 451 g/mol. The minimum Gasteiger partial charge on any atom is -0.481 e. The van der Waals surface area contributed by atoms with Gasteiger partial charge in [-0.1, -0.05) is 6.07 Å². The van der Waals surface area contributed by atoms with E-state index in [0.29, 0.717) is 43.3 Å². The molecule has 1 unspecified atom stereocenters. The summed E-state index contributed by atoms with van der Waals surface area (Å²) in [6, 6.07) is 12.3. The fourth-order valence-corrected chi connectivity index (χ4v) is 3.25. The fourth-order valence-electron chi connectivity index (χ4n) is 3.25. The molecule has 1 aliphatic heterocycles. The molecule has 1 fully saturated rings. The number of nitrogens with zero attached hydrogens (tertiary/aromatic N) is 4. The Morgan fingerprint density at radius 3 is 2.48 bits per heavy atom. The van der Waals surface area contributed by atoms with Gasteiger partial charge in [-0.05, 0) is 58.0 Å². The summed E-state index contributed by atoms with van der Waals surface area (Å²) in [5, 5.41) is 11.7. The largest absolute Gasteiger partial charge is 0.481 e. The van der Waals surface area contributed by atoms with Gasteiger partial charge in [-0.25, -0.2) is 9.78 Å². The van der Waals surface area contributed by atoms with Gasteiger partial charge in [0.15, 0.2) is 6.10 Å². The molecule has 0 bridgehead atoms. The highest BCUT2D eigenvalue weighted by Crippen LogP contribution is 2.19. The molecule has 1 aliphatic rings. The van der Waals surface area contributed by atoms with Crippen molar-refractivity contribution < 1.29 is 19.1 Å². The first-order valence-electron chi connectivity index (χ1n) is 10.8. The standard InChI is InChI=1S/C24H29N5O4/c1-17(32-20-7-5-6-18(14-20)15-25)22(30)27-21-9-8-19(16-26-21)28-10-12-29(13-11-28)23(31)33-24(2,3)4/h5-9,14,16-17H,10-13H2,1-4H3,(H,26,27,30). The van der Waals surface area contributed by atoms with Gasteiger partial charge >= 0.3 is 6.09 Å². The minimum absolute atomic E-state index is 0.297. The van der Waals surface area contributed by atoms with Crippen LogP contribution >= 0.6 is 0 Å². The van der Waals surface area contributed by atoms with E-state index in [1.807, 2.05) is 32.9 Å². The van der Waals surface area contributed by atoms with Gasteiger partial charge in [0, 0.05) is 26.2 Å². The quantitative estimate of drug-likeness (QED) is 0.742. The molecule has 0 aliphatic carbocycles. The van der Waals surface area contributed by atoms with E-state index >= 15 is 0 Å². The third-order valence-electron chi connectivity index (χ3n) is 4.94. The van der Waals surface area contributed by atoms with E-state index in [2.05, 4.69) is 15.2 Å². The lowest BCUT2D eigenvalue weighted by molar-refractivity contribution is -0.122. The summed E-state index contributed by atoms with van der Waals surface area (Å²) in [6.45, 7) is 9.65. The second-order valence-electron chi connectivity index (χ2n) is 8.75. The molecule has 0 spiro atoms. The molecule has 2 heterocycles. The van der Waals surface area contributed by atoms with Gasteiger partial charge in [0.2, 0.25) is 0 Å². The maximum absolute atomic E-state index is 12.5. The maximum atomic E-state index is 12.5. The maximum Gasteiger partial charge on any atom is 0.410 e. The van der Waals surface area contributed by atoms with Gasteiger partial charge < -0.3 is 24.6 Å². The van der Waals surface area contributed by atoms with Crippen molar-refractivity contribution >= 4 is 23.5 Å². The summed E-state index contributed by atoms with van der Waals surface area (Å²) < 4.78 is 11.1. The van der Waals surface area contributed by atoms with Crippen LogP contribution in [0.15, 0.2) is 42.6 Å². The third-order valence-corrected chi connectivity index (χ3v) is 4.94. The molecule has 1 aromatic carbocycles. The third kappa shape index (κ3) is 6.84. The smallest absolute Gasteiger partial charge is 0.410 e. The molecule has 9 nitrogen and oxygen atoms in total. The van der Waals surface area contributed by atoms with Crippen LogP contribution in [-0.2, 0) is 9.53 Å². The number of piperazine rings is 1. The van der Waals surface area contributed by atoms with Crippen LogP contribution in [0.25, 0.3) is 0 Å². The zero-order valence-corrected chi connectivity index (χ0v) is 19.4. The van der Waals surface area contributed by atoms with E-state index in [-0.39, 0.29) is 12.0 Å². The molecule has 33 heavy (non-hydrogen) atoms. The molecule has 1 N–H and O–H groups in total. The number of nitrogens with one attached hydrogen (secondary N) is 1. The normalized spacial score (nSPS) is 14.8. The van der Waals surface area contributed by atoms with Crippen molar-refractivity contribution in [2.75, 3.05) is 36.4 Å². The average Bonchev–Trinajstić information content (AvgIpc) is 2.78. The Morgan fingerprint density at radius 1 is 1.15 bits per heavy atom. The number of carbonyl (C=O) groups excluding carboxylic acids is 2. The number of hydrogen-bond donors (Lipinski definition) is 1. The number of carbonyl (C=O) groups is 2. The molecule has 1 aromatic heterocycles. The summed E-state index contributed by atoms with van der Waals surface area (Å²) in [6.07, 6.45) is 0.635. The molecule has 2 amide bonds.